The van der Waals surface area contributed by atoms with E-state index >= 15 is 0 Å². The second-order valence-corrected chi connectivity index (χ2v) is 8.38. The lowest BCUT2D eigenvalue weighted by molar-refractivity contribution is -0.0216. The molecule has 126 valence electrons. The van der Waals surface area contributed by atoms with Crippen LogP contribution in [-0.4, -0.2) is 5.11 Å². The molecule has 0 amide bonds. The molecule has 6 rings (SSSR count). The van der Waals surface area contributed by atoms with E-state index in [9.17, 15) is 5.11 Å². The first-order valence-electron chi connectivity index (χ1n) is 9.36. The summed E-state index contributed by atoms with van der Waals surface area (Å²) in [5.74, 6) is 1.30. The molecule has 0 heterocycles. The van der Waals surface area contributed by atoms with Gasteiger partial charge in [-0.25, -0.2) is 0 Å². The van der Waals surface area contributed by atoms with Gasteiger partial charge in [-0.15, -0.1) is 0 Å². The average molecular weight is 328 g/mol. The molecule has 0 saturated heterocycles. The molecule has 0 spiro atoms. The molecular formula is C24H24O. The predicted octanol–water partition coefficient (Wildman–Crippen LogP) is 6.02. The highest BCUT2D eigenvalue weighted by Crippen LogP contribution is 2.61. The lowest BCUT2D eigenvalue weighted by Gasteiger charge is -2.57. The lowest BCUT2D eigenvalue weighted by atomic mass is 9.48. The number of aliphatic hydroxyl groups is 1. The summed E-state index contributed by atoms with van der Waals surface area (Å²) in [6.45, 7) is 4.74. The number of allylic oxidation sites excluding steroid dienone is 1. The third-order valence-corrected chi connectivity index (χ3v) is 6.91. The van der Waals surface area contributed by atoms with Crippen LogP contribution in [0.5, 0.6) is 0 Å². The van der Waals surface area contributed by atoms with Crippen LogP contribution >= 0.6 is 0 Å². The summed E-state index contributed by atoms with van der Waals surface area (Å²) < 4.78 is 0. The number of hydrogen-bond acceptors (Lipinski definition) is 1. The summed E-state index contributed by atoms with van der Waals surface area (Å²) in [4.78, 5) is 0. The summed E-state index contributed by atoms with van der Waals surface area (Å²) in [6.07, 6.45) is 4.16. The van der Waals surface area contributed by atoms with E-state index in [0.29, 0.717) is 11.3 Å². The van der Waals surface area contributed by atoms with Gasteiger partial charge in [-0.05, 0) is 63.3 Å². The number of benzene rings is 3. The molecule has 2 bridgehead atoms. The maximum absolute atomic E-state index is 11.5. The van der Waals surface area contributed by atoms with E-state index in [-0.39, 0.29) is 0 Å². The molecule has 3 atom stereocenters. The van der Waals surface area contributed by atoms with E-state index in [1.54, 1.807) is 0 Å². The molecule has 3 aromatic carbocycles. The average Bonchev–Trinajstić information content (AvgIpc) is 2.65. The van der Waals surface area contributed by atoms with Gasteiger partial charge in [-0.1, -0.05) is 68.5 Å². The zero-order chi connectivity index (χ0) is 17.2. The minimum atomic E-state index is -0.512. The van der Waals surface area contributed by atoms with Crippen molar-refractivity contribution < 1.29 is 5.11 Å². The van der Waals surface area contributed by atoms with Crippen molar-refractivity contribution in [2.75, 3.05) is 0 Å². The Labute approximate surface area is 149 Å². The van der Waals surface area contributed by atoms with Crippen molar-refractivity contribution in [3.63, 3.8) is 0 Å². The van der Waals surface area contributed by atoms with E-state index in [0.717, 1.165) is 17.9 Å². The van der Waals surface area contributed by atoms with Crippen LogP contribution in [0.2, 0.25) is 0 Å². The minimum absolute atomic E-state index is 0.325. The van der Waals surface area contributed by atoms with Crippen LogP contribution in [-0.2, 0) is 0 Å². The second-order valence-electron chi connectivity index (χ2n) is 8.38. The van der Waals surface area contributed by atoms with E-state index in [2.05, 4.69) is 74.5 Å². The number of fused-ring (bicyclic) bond motifs is 3. The van der Waals surface area contributed by atoms with Gasteiger partial charge < -0.3 is 5.11 Å². The van der Waals surface area contributed by atoms with Crippen molar-refractivity contribution in [1.82, 2.24) is 0 Å². The molecule has 3 aromatic rings. The molecule has 1 N–H and O–H groups in total. The first-order valence-corrected chi connectivity index (χ1v) is 9.36. The zero-order valence-electron chi connectivity index (χ0n) is 14.9. The van der Waals surface area contributed by atoms with Crippen molar-refractivity contribution in [2.24, 2.45) is 17.3 Å². The van der Waals surface area contributed by atoms with Crippen molar-refractivity contribution in [2.45, 2.75) is 32.8 Å². The Kier molecular flexibility index (Phi) is 3.15. The highest BCUT2D eigenvalue weighted by molar-refractivity contribution is 6.02. The van der Waals surface area contributed by atoms with Crippen LogP contribution in [0, 0.1) is 17.3 Å². The molecule has 1 saturated carbocycles. The predicted molar refractivity (Wildman–Crippen MR) is 104 cm³/mol. The van der Waals surface area contributed by atoms with Gasteiger partial charge in [-0.2, -0.15) is 0 Å². The van der Waals surface area contributed by atoms with Gasteiger partial charge in [0.05, 0.1) is 0 Å². The minimum Gasteiger partial charge on any atom is -0.384 e. The topological polar surface area (TPSA) is 20.2 Å². The van der Waals surface area contributed by atoms with Gasteiger partial charge in [0.1, 0.15) is 6.10 Å². The number of hydrogen-bond donors (Lipinski definition) is 1. The van der Waals surface area contributed by atoms with Crippen LogP contribution in [0.1, 0.15) is 38.4 Å². The monoisotopic (exact) mass is 328 g/mol. The quantitative estimate of drug-likeness (QED) is 0.450. The summed E-state index contributed by atoms with van der Waals surface area (Å²) in [5, 5.41) is 16.3. The Balaban J connectivity index is 1.75. The summed E-state index contributed by atoms with van der Waals surface area (Å²) in [7, 11) is 0. The van der Waals surface area contributed by atoms with E-state index < -0.39 is 6.10 Å². The molecule has 0 radical (unpaired) electrons. The fraction of sp³-hybridized carbons (Fsp3) is 0.333. The van der Waals surface area contributed by atoms with Crippen LogP contribution in [0.3, 0.4) is 0 Å². The number of aliphatic hydroxyl groups excluding tert-OH is 1. The zero-order valence-corrected chi connectivity index (χ0v) is 14.9. The van der Waals surface area contributed by atoms with Crippen LogP contribution in [0.15, 0.2) is 66.2 Å². The van der Waals surface area contributed by atoms with Crippen molar-refractivity contribution in [1.29, 1.82) is 0 Å². The fourth-order valence-electron chi connectivity index (χ4n) is 5.21. The Morgan fingerprint density at radius 1 is 0.960 bits per heavy atom. The Morgan fingerprint density at radius 3 is 2.12 bits per heavy atom. The summed E-state index contributed by atoms with van der Waals surface area (Å²) in [6, 6.07) is 19.1. The van der Waals surface area contributed by atoms with Gasteiger partial charge in [0.2, 0.25) is 0 Å². The van der Waals surface area contributed by atoms with E-state index in [1.165, 1.54) is 33.5 Å². The maximum Gasteiger partial charge on any atom is 0.102 e. The first kappa shape index (κ1) is 15.2. The normalized spacial score (nSPS) is 25.5. The molecule has 3 aliphatic rings. The first-order chi connectivity index (χ1) is 12.1. The Bertz CT molecular complexity index is 957. The molecule has 1 fully saturated rings. The molecule has 3 aliphatic carbocycles. The van der Waals surface area contributed by atoms with Crippen molar-refractivity contribution >= 4 is 21.5 Å². The van der Waals surface area contributed by atoms with Gasteiger partial charge >= 0.3 is 0 Å². The second kappa shape index (κ2) is 5.19. The van der Waals surface area contributed by atoms with Gasteiger partial charge in [0.15, 0.2) is 0 Å². The van der Waals surface area contributed by atoms with E-state index in [1.807, 2.05) is 0 Å². The third kappa shape index (κ3) is 2.05. The largest absolute Gasteiger partial charge is 0.384 e. The van der Waals surface area contributed by atoms with Gasteiger partial charge in [-0.3, -0.25) is 0 Å². The molecule has 1 heteroatoms. The SMILES string of the molecule is CC1(C)C2CC=C(C(O)c3c4ccccc4cc4ccccc34)C1C2. The molecule has 0 aromatic heterocycles. The summed E-state index contributed by atoms with van der Waals surface area (Å²) >= 11 is 0. The highest BCUT2D eigenvalue weighted by Gasteiger charge is 2.52. The fourth-order valence-corrected chi connectivity index (χ4v) is 5.21. The van der Waals surface area contributed by atoms with Gasteiger partial charge in [0.25, 0.3) is 0 Å². The van der Waals surface area contributed by atoms with Crippen LogP contribution in [0.25, 0.3) is 21.5 Å². The smallest absolute Gasteiger partial charge is 0.102 e. The van der Waals surface area contributed by atoms with Crippen molar-refractivity contribution in [3.05, 3.63) is 71.8 Å². The Morgan fingerprint density at radius 2 is 1.56 bits per heavy atom. The molecule has 25 heavy (non-hydrogen) atoms. The van der Waals surface area contributed by atoms with Crippen LogP contribution < -0.4 is 0 Å². The molecule has 1 nitrogen and oxygen atoms in total. The van der Waals surface area contributed by atoms with E-state index in [4.69, 9.17) is 0 Å². The third-order valence-electron chi connectivity index (χ3n) is 6.91. The molecular weight excluding hydrogens is 304 g/mol. The Hall–Kier alpha value is -2.12. The molecule has 3 unspecified atom stereocenters. The number of rotatable bonds is 2. The standard InChI is InChI=1S/C24H24O/c1-24(2)17-11-12-20(21(24)14-17)23(25)22-18-9-5-3-7-15(18)13-16-8-4-6-10-19(16)22/h3-10,12-13,17,21,23,25H,11,14H2,1-2H3. The maximum atomic E-state index is 11.5. The van der Waals surface area contributed by atoms with Gasteiger partial charge in [0, 0.05) is 5.56 Å². The molecule has 0 aliphatic heterocycles. The highest BCUT2D eigenvalue weighted by atomic mass is 16.3. The van der Waals surface area contributed by atoms with Crippen molar-refractivity contribution in [3.8, 4) is 0 Å². The lowest BCUT2D eigenvalue weighted by Crippen LogP contribution is -2.49. The van der Waals surface area contributed by atoms with Crippen LogP contribution in [0.4, 0.5) is 0 Å². The summed E-state index contributed by atoms with van der Waals surface area (Å²) in [5.41, 5.74) is 2.65.